The molecule has 0 saturated carbocycles. The van der Waals surface area contributed by atoms with Crippen molar-refractivity contribution < 1.29 is 26.1 Å². The van der Waals surface area contributed by atoms with Crippen LogP contribution in [0.1, 0.15) is 11.3 Å². The molecule has 0 atom stereocenters. The molecule has 0 bridgehead atoms. The second-order valence-corrected chi connectivity index (χ2v) is 9.47. The van der Waals surface area contributed by atoms with Crippen LogP contribution in [-0.2, 0) is 20.0 Å². The molecule has 154 valence electrons. The van der Waals surface area contributed by atoms with Crippen LogP contribution in [0, 0.1) is 13.8 Å². The molecule has 0 aliphatic heterocycles. The van der Waals surface area contributed by atoms with Crippen molar-refractivity contribution in [3.05, 3.63) is 53.7 Å². The summed E-state index contributed by atoms with van der Waals surface area (Å²) in [6.07, 6.45) is 0. The molecule has 1 aromatic heterocycles. The summed E-state index contributed by atoms with van der Waals surface area (Å²) in [4.78, 5) is -0.238. The topological polar surface area (TPSA) is 142 Å². The van der Waals surface area contributed by atoms with E-state index >= 15 is 0 Å². The smallest absolute Gasteiger partial charge is 0.265 e. The first-order chi connectivity index (χ1) is 13.5. The molecule has 0 unspecified atom stereocenters. The minimum absolute atomic E-state index is 0.110. The van der Waals surface area contributed by atoms with Gasteiger partial charge in [0.1, 0.15) is 10.6 Å². The van der Waals surface area contributed by atoms with Gasteiger partial charge in [-0.15, -0.1) is 0 Å². The molecule has 0 amide bonds. The van der Waals surface area contributed by atoms with E-state index in [1.807, 2.05) is 6.92 Å². The molecule has 3 aromatic rings. The minimum Gasteiger partial charge on any atom is -0.495 e. The summed E-state index contributed by atoms with van der Waals surface area (Å²) in [5.41, 5.74) is 2.18. The van der Waals surface area contributed by atoms with Crippen molar-refractivity contribution in [3.8, 4) is 17.1 Å². The molecule has 9 nitrogen and oxygen atoms in total. The van der Waals surface area contributed by atoms with Crippen molar-refractivity contribution in [2.24, 2.45) is 5.14 Å². The maximum absolute atomic E-state index is 13.0. The lowest BCUT2D eigenvalue weighted by atomic mass is 10.1. The quantitative estimate of drug-likeness (QED) is 0.603. The predicted molar refractivity (Wildman–Crippen MR) is 107 cm³/mol. The van der Waals surface area contributed by atoms with Crippen molar-refractivity contribution in [1.29, 1.82) is 0 Å². The summed E-state index contributed by atoms with van der Waals surface area (Å²) in [5, 5.41) is 8.94. The Balaban J connectivity index is 2.01. The van der Waals surface area contributed by atoms with Crippen molar-refractivity contribution in [2.75, 3.05) is 11.8 Å². The normalized spacial score (nSPS) is 12.0. The van der Waals surface area contributed by atoms with Gasteiger partial charge in [-0.25, -0.2) is 22.0 Å². The third-order valence-electron chi connectivity index (χ3n) is 4.31. The van der Waals surface area contributed by atoms with E-state index in [0.717, 1.165) is 5.56 Å². The van der Waals surface area contributed by atoms with Crippen LogP contribution in [-0.4, -0.2) is 29.1 Å². The summed E-state index contributed by atoms with van der Waals surface area (Å²) in [7, 11) is -6.58. The van der Waals surface area contributed by atoms with Crippen LogP contribution in [0.4, 0.5) is 5.69 Å². The Kier molecular flexibility index (Phi) is 5.39. The lowest BCUT2D eigenvalue weighted by molar-refractivity contribution is 0.402. The first-order valence-electron chi connectivity index (χ1n) is 8.30. The van der Waals surface area contributed by atoms with E-state index in [1.54, 1.807) is 13.0 Å². The van der Waals surface area contributed by atoms with E-state index in [-0.39, 0.29) is 21.2 Å². The number of nitrogens with zero attached hydrogens (tertiary/aromatic N) is 1. The van der Waals surface area contributed by atoms with Crippen LogP contribution in [0.3, 0.4) is 0 Å². The van der Waals surface area contributed by atoms with Crippen LogP contribution in [0.15, 0.2) is 56.8 Å². The number of anilines is 1. The number of hydrogen-bond donors (Lipinski definition) is 2. The highest BCUT2D eigenvalue weighted by molar-refractivity contribution is 7.92. The number of primary sulfonamides is 1. The summed E-state index contributed by atoms with van der Waals surface area (Å²) in [5.74, 6) is 0.593. The maximum atomic E-state index is 13.0. The Morgan fingerprint density at radius 2 is 1.69 bits per heavy atom. The highest BCUT2D eigenvalue weighted by Gasteiger charge is 2.23. The molecule has 2 aromatic carbocycles. The molecule has 3 rings (SSSR count). The Morgan fingerprint density at radius 1 is 1.03 bits per heavy atom. The first kappa shape index (κ1) is 20.8. The van der Waals surface area contributed by atoms with Gasteiger partial charge in [-0.2, -0.15) is 0 Å². The molecule has 0 aliphatic rings. The molecule has 29 heavy (non-hydrogen) atoms. The molecular formula is C18H19N3O6S2. The van der Waals surface area contributed by atoms with Crippen LogP contribution >= 0.6 is 0 Å². The van der Waals surface area contributed by atoms with Crippen LogP contribution < -0.4 is 14.6 Å². The molecule has 11 heteroatoms. The number of nitrogens with one attached hydrogen (secondary N) is 1. The van der Waals surface area contributed by atoms with Crippen molar-refractivity contribution in [3.63, 3.8) is 0 Å². The van der Waals surface area contributed by atoms with E-state index in [4.69, 9.17) is 14.4 Å². The second kappa shape index (κ2) is 7.50. The molecule has 0 spiro atoms. The Bertz CT molecular complexity index is 1260. The van der Waals surface area contributed by atoms with Gasteiger partial charge in [0, 0.05) is 16.8 Å². The average molecular weight is 437 g/mol. The molecule has 3 N–H and O–H groups in total. The fraction of sp³-hybridized carbons (Fsp3) is 0.167. The summed E-state index contributed by atoms with van der Waals surface area (Å²) >= 11 is 0. The summed E-state index contributed by atoms with van der Waals surface area (Å²) in [6, 6.07) is 9.64. The zero-order valence-electron chi connectivity index (χ0n) is 15.8. The average Bonchev–Trinajstić information content (AvgIpc) is 2.99. The van der Waals surface area contributed by atoms with Gasteiger partial charge in [0.2, 0.25) is 10.0 Å². The number of hydrogen-bond acceptors (Lipinski definition) is 7. The van der Waals surface area contributed by atoms with Crippen LogP contribution in [0.25, 0.3) is 11.3 Å². The molecular weight excluding hydrogens is 418 g/mol. The zero-order valence-corrected chi connectivity index (χ0v) is 17.5. The van der Waals surface area contributed by atoms with Crippen molar-refractivity contribution >= 4 is 25.7 Å². The first-order valence-corrected chi connectivity index (χ1v) is 11.3. The lowest BCUT2D eigenvalue weighted by Crippen LogP contribution is -2.15. The van der Waals surface area contributed by atoms with Gasteiger partial charge in [-0.1, -0.05) is 5.16 Å². The molecule has 1 heterocycles. The predicted octanol–water partition coefficient (Wildman–Crippen LogP) is 2.42. The number of aromatic nitrogens is 1. The number of sulfonamides is 2. The zero-order chi connectivity index (χ0) is 21.4. The van der Waals surface area contributed by atoms with E-state index in [1.165, 1.54) is 43.5 Å². The minimum atomic E-state index is -4.06. The van der Waals surface area contributed by atoms with E-state index in [0.29, 0.717) is 17.0 Å². The Hall–Kier alpha value is -2.89. The Labute approximate surface area is 168 Å². The number of nitrogens with two attached hydrogens (primary N) is 1. The SMILES string of the molecule is COc1ccc(-c2onc(C)c2C)cc1S(=O)(=O)Nc1ccc(S(N)(=O)=O)cc1. The molecule has 0 radical (unpaired) electrons. The molecule has 0 aliphatic carbocycles. The Morgan fingerprint density at radius 3 is 2.21 bits per heavy atom. The standard InChI is InChI=1S/C18H19N3O6S2/c1-11-12(2)20-27-18(11)13-4-9-16(26-3)17(10-13)29(24,25)21-14-5-7-15(8-6-14)28(19,22)23/h4-10,21H,1-3H3,(H2,19,22,23). The van der Waals surface area contributed by atoms with Gasteiger partial charge in [0.25, 0.3) is 10.0 Å². The van der Waals surface area contributed by atoms with Gasteiger partial charge < -0.3 is 9.26 Å². The number of benzene rings is 2. The number of methoxy groups -OCH3 is 1. The van der Waals surface area contributed by atoms with Crippen LogP contribution in [0.2, 0.25) is 0 Å². The number of ether oxygens (including phenoxy) is 1. The third kappa shape index (κ3) is 4.26. The van der Waals surface area contributed by atoms with Crippen molar-refractivity contribution in [2.45, 2.75) is 23.6 Å². The van der Waals surface area contributed by atoms with E-state index in [2.05, 4.69) is 9.88 Å². The van der Waals surface area contributed by atoms with E-state index in [9.17, 15) is 16.8 Å². The second-order valence-electron chi connectivity index (χ2n) is 6.26. The highest BCUT2D eigenvalue weighted by atomic mass is 32.2. The monoisotopic (exact) mass is 437 g/mol. The molecule has 0 fully saturated rings. The molecule has 0 saturated heterocycles. The largest absolute Gasteiger partial charge is 0.495 e. The third-order valence-corrected chi connectivity index (χ3v) is 6.64. The fourth-order valence-corrected chi connectivity index (χ4v) is 4.41. The maximum Gasteiger partial charge on any atom is 0.265 e. The summed E-state index contributed by atoms with van der Waals surface area (Å²) in [6.45, 7) is 3.61. The van der Waals surface area contributed by atoms with Gasteiger partial charge >= 0.3 is 0 Å². The van der Waals surface area contributed by atoms with Crippen LogP contribution in [0.5, 0.6) is 5.75 Å². The van der Waals surface area contributed by atoms with E-state index < -0.39 is 20.0 Å². The van der Waals surface area contributed by atoms with Crippen molar-refractivity contribution in [1.82, 2.24) is 5.16 Å². The van der Waals surface area contributed by atoms with Gasteiger partial charge in [-0.05, 0) is 56.3 Å². The number of aryl methyl sites for hydroxylation is 1. The van der Waals surface area contributed by atoms with Gasteiger partial charge in [0.05, 0.1) is 17.7 Å². The number of rotatable bonds is 6. The lowest BCUT2D eigenvalue weighted by Gasteiger charge is -2.13. The highest BCUT2D eigenvalue weighted by Crippen LogP contribution is 2.33. The van der Waals surface area contributed by atoms with Gasteiger partial charge in [-0.3, -0.25) is 4.72 Å². The fourth-order valence-electron chi connectivity index (χ4n) is 2.64. The van der Waals surface area contributed by atoms with Gasteiger partial charge in [0.15, 0.2) is 5.76 Å². The summed E-state index contributed by atoms with van der Waals surface area (Å²) < 4.78 is 61.5.